The van der Waals surface area contributed by atoms with E-state index in [1.807, 2.05) is 6.92 Å². The van der Waals surface area contributed by atoms with Crippen molar-refractivity contribution in [2.45, 2.75) is 52.5 Å². The molecule has 0 aliphatic carbocycles. The Balaban J connectivity index is 2.41. The zero-order valence-electron chi connectivity index (χ0n) is 17.3. The number of methoxy groups -OCH3 is 1. The van der Waals surface area contributed by atoms with Crippen LogP contribution in [0.25, 0.3) is 0 Å². The standard InChI is InChI=1S/C21H32N4O3/c1-5-6-7-8-17(22)13-25(23)20-14(2)12-24(15(3)26)19-10-9-16(11-18(19)20)21(27)28-4/h9-11,13-14,20H,5-8,12,22-23H2,1-4H3/b17-13-/t14-,20?/m1/s1. The van der Waals surface area contributed by atoms with E-state index in [0.29, 0.717) is 12.1 Å². The third-order valence-electron chi connectivity index (χ3n) is 5.15. The summed E-state index contributed by atoms with van der Waals surface area (Å²) in [5.74, 6) is 5.98. The Labute approximate surface area is 167 Å². The van der Waals surface area contributed by atoms with E-state index in [-0.39, 0.29) is 17.9 Å². The zero-order chi connectivity index (χ0) is 20.8. The topological polar surface area (TPSA) is 102 Å². The largest absolute Gasteiger partial charge is 0.465 e. The first-order valence-electron chi connectivity index (χ1n) is 9.79. The molecule has 0 spiro atoms. The Morgan fingerprint density at radius 1 is 1.36 bits per heavy atom. The van der Waals surface area contributed by atoms with Crippen LogP contribution >= 0.6 is 0 Å². The van der Waals surface area contributed by atoms with E-state index in [9.17, 15) is 9.59 Å². The van der Waals surface area contributed by atoms with Crippen LogP contribution in [0.4, 0.5) is 5.69 Å². The van der Waals surface area contributed by atoms with Crippen LogP contribution in [0.5, 0.6) is 0 Å². The first-order valence-corrected chi connectivity index (χ1v) is 9.79. The van der Waals surface area contributed by atoms with E-state index in [1.54, 1.807) is 34.3 Å². The highest BCUT2D eigenvalue weighted by Crippen LogP contribution is 2.40. The molecule has 1 aliphatic rings. The summed E-state index contributed by atoms with van der Waals surface area (Å²) in [6.07, 6.45) is 5.84. The van der Waals surface area contributed by atoms with Gasteiger partial charge in [-0.2, -0.15) is 0 Å². The molecule has 28 heavy (non-hydrogen) atoms. The van der Waals surface area contributed by atoms with Gasteiger partial charge >= 0.3 is 5.97 Å². The molecular formula is C21H32N4O3. The van der Waals surface area contributed by atoms with Crippen molar-refractivity contribution >= 4 is 17.6 Å². The van der Waals surface area contributed by atoms with Gasteiger partial charge in [-0.1, -0.05) is 26.7 Å². The molecule has 4 N–H and O–H groups in total. The summed E-state index contributed by atoms with van der Waals surface area (Å²) in [5.41, 5.74) is 8.89. The van der Waals surface area contributed by atoms with Gasteiger partial charge in [-0.15, -0.1) is 0 Å². The Morgan fingerprint density at radius 2 is 2.07 bits per heavy atom. The van der Waals surface area contributed by atoms with Crippen LogP contribution in [0.15, 0.2) is 30.1 Å². The molecular weight excluding hydrogens is 356 g/mol. The van der Waals surface area contributed by atoms with Crippen molar-refractivity contribution in [3.8, 4) is 0 Å². The lowest BCUT2D eigenvalue weighted by atomic mass is 9.86. The summed E-state index contributed by atoms with van der Waals surface area (Å²) in [6.45, 7) is 6.27. The predicted octanol–water partition coefficient (Wildman–Crippen LogP) is 3.07. The number of unbranched alkanes of at least 4 members (excludes halogenated alkanes) is 2. The van der Waals surface area contributed by atoms with Crippen molar-refractivity contribution in [3.05, 3.63) is 41.2 Å². The zero-order valence-corrected chi connectivity index (χ0v) is 17.3. The highest BCUT2D eigenvalue weighted by atomic mass is 16.5. The number of allylic oxidation sites excluding steroid dienone is 1. The lowest BCUT2D eigenvalue weighted by molar-refractivity contribution is -0.116. The van der Waals surface area contributed by atoms with Crippen molar-refractivity contribution in [3.63, 3.8) is 0 Å². The summed E-state index contributed by atoms with van der Waals surface area (Å²) in [5, 5.41) is 1.61. The number of nitrogens with two attached hydrogens (primary N) is 2. The molecule has 7 nitrogen and oxygen atoms in total. The molecule has 0 fully saturated rings. The van der Waals surface area contributed by atoms with Crippen LogP contribution in [-0.4, -0.2) is 30.5 Å². The number of hydrogen-bond acceptors (Lipinski definition) is 6. The number of rotatable bonds is 7. The van der Waals surface area contributed by atoms with Gasteiger partial charge in [0.25, 0.3) is 0 Å². The third-order valence-corrected chi connectivity index (χ3v) is 5.15. The number of amides is 1. The van der Waals surface area contributed by atoms with E-state index in [0.717, 1.165) is 42.6 Å². The molecule has 1 aromatic carbocycles. The monoisotopic (exact) mass is 388 g/mol. The predicted molar refractivity (Wildman–Crippen MR) is 110 cm³/mol. The number of hydrogen-bond donors (Lipinski definition) is 2. The first kappa shape index (κ1) is 21.8. The van der Waals surface area contributed by atoms with E-state index >= 15 is 0 Å². The summed E-state index contributed by atoms with van der Waals surface area (Å²) in [7, 11) is 1.35. The Morgan fingerprint density at radius 3 is 2.68 bits per heavy atom. The van der Waals surface area contributed by atoms with Crippen molar-refractivity contribution in [2.24, 2.45) is 17.5 Å². The highest BCUT2D eigenvalue weighted by molar-refractivity contribution is 5.95. The van der Waals surface area contributed by atoms with Crippen molar-refractivity contribution in [1.82, 2.24) is 5.01 Å². The van der Waals surface area contributed by atoms with Crippen molar-refractivity contribution in [2.75, 3.05) is 18.6 Å². The van der Waals surface area contributed by atoms with E-state index < -0.39 is 5.97 Å². The van der Waals surface area contributed by atoms with Crippen LogP contribution in [0, 0.1) is 5.92 Å². The number of nitrogens with zero attached hydrogens (tertiary/aromatic N) is 2. The van der Waals surface area contributed by atoms with Gasteiger partial charge < -0.3 is 20.4 Å². The second-order valence-electron chi connectivity index (χ2n) is 7.43. The molecule has 0 saturated carbocycles. The fraction of sp³-hybridized carbons (Fsp3) is 0.524. The maximum atomic E-state index is 12.1. The number of ether oxygens (including phenoxy) is 1. The quantitative estimate of drug-likeness (QED) is 0.322. The minimum absolute atomic E-state index is 0.0458. The van der Waals surface area contributed by atoms with Crippen LogP contribution in [0.3, 0.4) is 0 Å². The van der Waals surface area contributed by atoms with Crippen molar-refractivity contribution in [1.29, 1.82) is 0 Å². The molecule has 0 saturated heterocycles. The molecule has 2 atom stereocenters. The highest BCUT2D eigenvalue weighted by Gasteiger charge is 2.35. The number of esters is 1. The van der Waals surface area contributed by atoms with Crippen LogP contribution < -0.4 is 16.5 Å². The third kappa shape index (κ3) is 4.84. The molecule has 0 bridgehead atoms. The van der Waals surface area contributed by atoms with Gasteiger partial charge in [-0.25, -0.2) is 10.6 Å². The van der Waals surface area contributed by atoms with E-state index in [4.69, 9.17) is 16.3 Å². The number of carbonyl (C=O) groups excluding carboxylic acids is 2. The number of carbonyl (C=O) groups is 2. The molecule has 1 aliphatic heterocycles. The van der Waals surface area contributed by atoms with Crippen molar-refractivity contribution < 1.29 is 14.3 Å². The first-order chi connectivity index (χ1) is 13.3. The molecule has 1 amide bonds. The fourth-order valence-electron chi connectivity index (χ4n) is 3.74. The van der Waals surface area contributed by atoms with Crippen LogP contribution in [-0.2, 0) is 9.53 Å². The van der Waals surface area contributed by atoms with Crippen LogP contribution in [0.1, 0.15) is 68.4 Å². The molecule has 1 aromatic rings. The molecule has 1 unspecified atom stereocenters. The smallest absolute Gasteiger partial charge is 0.337 e. The van der Waals surface area contributed by atoms with Gasteiger partial charge in [0.05, 0.1) is 18.7 Å². The SMILES string of the molecule is CCCCC/C(N)=C/N(N)C1c2cc(C(=O)OC)ccc2N(C(C)=O)C[C@H]1C. The van der Waals surface area contributed by atoms with E-state index in [2.05, 4.69) is 6.92 Å². The second-order valence-corrected chi connectivity index (χ2v) is 7.43. The molecule has 0 radical (unpaired) electrons. The molecule has 0 aromatic heterocycles. The van der Waals surface area contributed by atoms with Gasteiger partial charge in [-0.05, 0) is 31.0 Å². The van der Waals surface area contributed by atoms with Gasteiger partial charge in [0.15, 0.2) is 0 Å². The summed E-state index contributed by atoms with van der Waals surface area (Å²) >= 11 is 0. The summed E-state index contributed by atoms with van der Waals surface area (Å²) in [6, 6.07) is 5.01. The van der Waals surface area contributed by atoms with Gasteiger partial charge in [0.1, 0.15) is 0 Å². The number of benzene rings is 1. The molecule has 1 heterocycles. The van der Waals surface area contributed by atoms with Gasteiger partial charge in [0.2, 0.25) is 5.91 Å². The number of anilines is 1. The average molecular weight is 389 g/mol. The van der Waals surface area contributed by atoms with Crippen LogP contribution in [0.2, 0.25) is 0 Å². The second kappa shape index (κ2) is 9.59. The minimum atomic E-state index is -0.424. The fourth-order valence-corrected chi connectivity index (χ4v) is 3.74. The average Bonchev–Trinajstić information content (AvgIpc) is 2.66. The van der Waals surface area contributed by atoms with E-state index in [1.165, 1.54) is 14.0 Å². The maximum absolute atomic E-state index is 12.1. The number of hydrazine groups is 1. The molecule has 2 rings (SSSR count). The lowest BCUT2D eigenvalue weighted by Crippen LogP contribution is -2.46. The number of fused-ring (bicyclic) bond motifs is 1. The molecule has 7 heteroatoms. The molecule has 154 valence electrons. The Bertz CT molecular complexity index is 747. The lowest BCUT2D eigenvalue weighted by Gasteiger charge is -2.42. The normalized spacial score (nSPS) is 19.2. The maximum Gasteiger partial charge on any atom is 0.337 e. The van der Waals surface area contributed by atoms with Gasteiger partial charge in [0, 0.05) is 42.5 Å². The summed E-state index contributed by atoms with van der Waals surface area (Å²) < 4.78 is 4.85. The summed E-state index contributed by atoms with van der Waals surface area (Å²) in [4.78, 5) is 25.9. The Kier molecular flexibility index (Phi) is 7.45. The minimum Gasteiger partial charge on any atom is -0.465 e. The Hall–Kier alpha value is -2.54. The van der Waals surface area contributed by atoms with Gasteiger partial charge in [-0.3, -0.25) is 4.79 Å².